The molecule has 0 aromatic carbocycles. The lowest BCUT2D eigenvalue weighted by Crippen LogP contribution is -2.27. The zero-order chi connectivity index (χ0) is 9.57. The summed E-state index contributed by atoms with van der Waals surface area (Å²) in [5.74, 6) is 0. The predicted molar refractivity (Wildman–Crippen MR) is 53.8 cm³/mol. The van der Waals surface area contributed by atoms with Gasteiger partial charge < -0.3 is 9.84 Å². The van der Waals surface area contributed by atoms with E-state index in [0.717, 1.165) is 32.3 Å². The molecule has 2 nitrogen and oxygen atoms in total. The zero-order valence-electron chi connectivity index (χ0n) is 8.72. The third-order valence-corrected chi connectivity index (χ3v) is 3.02. The van der Waals surface area contributed by atoms with Gasteiger partial charge in [-0.15, -0.1) is 0 Å². The summed E-state index contributed by atoms with van der Waals surface area (Å²) in [4.78, 5) is 0. The van der Waals surface area contributed by atoms with E-state index in [1.807, 2.05) is 0 Å². The summed E-state index contributed by atoms with van der Waals surface area (Å²) >= 11 is 0. The van der Waals surface area contributed by atoms with E-state index in [1.54, 1.807) is 7.11 Å². The number of methoxy groups -OCH3 is 1. The molecular weight excluding hydrogens is 164 g/mol. The Balaban J connectivity index is 2.25. The molecule has 1 fully saturated rings. The quantitative estimate of drug-likeness (QED) is 0.540. The molecule has 0 amide bonds. The van der Waals surface area contributed by atoms with Crippen molar-refractivity contribution in [1.82, 2.24) is 0 Å². The molecule has 1 N–H and O–H groups in total. The van der Waals surface area contributed by atoms with Gasteiger partial charge in [0.1, 0.15) is 0 Å². The molecule has 2 heteroatoms. The van der Waals surface area contributed by atoms with Crippen molar-refractivity contribution in [2.45, 2.75) is 57.0 Å². The van der Waals surface area contributed by atoms with Crippen LogP contribution in [0.2, 0.25) is 0 Å². The van der Waals surface area contributed by atoms with Gasteiger partial charge in [0, 0.05) is 13.7 Å². The van der Waals surface area contributed by atoms with Gasteiger partial charge in [-0.2, -0.15) is 0 Å². The van der Waals surface area contributed by atoms with Crippen molar-refractivity contribution in [3.8, 4) is 0 Å². The number of hydrogen-bond acceptors (Lipinski definition) is 2. The molecule has 13 heavy (non-hydrogen) atoms. The highest BCUT2D eigenvalue weighted by Gasteiger charge is 2.26. The minimum absolute atomic E-state index is 0.366. The Morgan fingerprint density at radius 1 is 1.15 bits per heavy atom. The van der Waals surface area contributed by atoms with Crippen LogP contribution >= 0.6 is 0 Å². The van der Waals surface area contributed by atoms with E-state index >= 15 is 0 Å². The summed E-state index contributed by atoms with van der Waals surface area (Å²) in [7, 11) is 1.72. The first-order valence-corrected chi connectivity index (χ1v) is 5.48. The minimum Gasteiger partial charge on any atom is -0.390 e. The molecule has 1 aliphatic carbocycles. The number of rotatable bonds is 4. The van der Waals surface area contributed by atoms with E-state index in [4.69, 9.17) is 4.74 Å². The van der Waals surface area contributed by atoms with Crippen molar-refractivity contribution in [1.29, 1.82) is 0 Å². The van der Waals surface area contributed by atoms with Crippen molar-refractivity contribution in [3.05, 3.63) is 0 Å². The lowest BCUT2D eigenvalue weighted by atomic mass is 9.90. The van der Waals surface area contributed by atoms with E-state index in [0.29, 0.717) is 0 Å². The van der Waals surface area contributed by atoms with E-state index in [2.05, 4.69) is 0 Å². The second-order valence-electron chi connectivity index (χ2n) is 4.23. The second-order valence-corrected chi connectivity index (χ2v) is 4.23. The number of aliphatic hydroxyl groups is 1. The molecule has 1 aliphatic rings. The maximum absolute atomic E-state index is 10.2. The normalized spacial score (nSPS) is 22.6. The van der Waals surface area contributed by atoms with Crippen LogP contribution in [0.4, 0.5) is 0 Å². The van der Waals surface area contributed by atoms with Crippen LogP contribution in [0.25, 0.3) is 0 Å². The Morgan fingerprint density at radius 3 is 2.31 bits per heavy atom. The van der Waals surface area contributed by atoms with Gasteiger partial charge in [0.25, 0.3) is 0 Å². The van der Waals surface area contributed by atoms with Gasteiger partial charge in [0.2, 0.25) is 0 Å². The van der Waals surface area contributed by atoms with Crippen LogP contribution in [0.15, 0.2) is 0 Å². The zero-order valence-corrected chi connectivity index (χ0v) is 8.72. The SMILES string of the molecule is COCCCC1(O)CCCCCC1. The fourth-order valence-corrected chi connectivity index (χ4v) is 2.18. The summed E-state index contributed by atoms with van der Waals surface area (Å²) in [5, 5.41) is 10.2. The van der Waals surface area contributed by atoms with Crippen LogP contribution in [0.5, 0.6) is 0 Å². The summed E-state index contributed by atoms with van der Waals surface area (Å²) in [6.45, 7) is 0.780. The van der Waals surface area contributed by atoms with Gasteiger partial charge in [-0.05, 0) is 25.7 Å². The van der Waals surface area contributed by atoms with E-state index in [9.17, 15) is 5.11 Å². The summed E-state index contributed by atoms with van der Waals surface area (Å²) in [5.41, 5.74) is -0.366. The van der Waals surface area contributed by atoms with E-state index in [-0.39, 0.29) is 5.60 Å². The lowest BCUT2D eigenvalue weighted by Gasteiger charge is -2.26. The third kappa shape index (κ3) is 4.10. The Labute approximate surface area is 81.3 Å². The summed E-state index contributed by atoms with van der Waals surface area (Å²) < 4.78 is 5.00. The standard InChI is InChI=1S/C11H22O2/c1-13-10-6-9-11(12)7-4-2-3-5-8-11/h12H,2-10H2,1H3. The topological polar surface area (TPSA) is 29.5 Å². The third-order valence-electron chi connectivity index (χ3n) is 3.02. The van der Waals surface area contributed by atoms with Crippen molar-refractivity contribution in [2.24, 2.45) is 0 Å². The molecule has 0 spiro atoms. The number of hydrogen-bond donors (Lipinski definition) is 1. The Hall–Kier alpha value is -0.0800. The average Bonchev–Trinajstić information content (AvgIpc) is 2.31. The Morgan fingerprint density at radius 2 is 1.77 bits per heavy atom. The van der Waals surface area contributed by atoms with E-state index < -0.39 is 0 Å². The smallest absolute Gasteiger partial charge is 0.0648 e. The molecule has 0 unspecified atom stereocenters. The first kappa shape index (κ1) is 11.0. The summed E-state index contributed by atoms with van der Waals surface area (Å²) in [6.07, 6.45) is 8.90. The van der Waals surface area contributed by atoms with Crippen LogP contribution in [0.3, 0.4) is 0 Å². The highest BCUT2D eigenvalue weighted by Crippen LogP contribution is 2.30. The molecule has 1 saturated carbocycles. The van der Waals surface area contributed by atoms with Crippen molar-refractivity contribution < 1.29 is 9.84 Å². The molecule has 0 heterocycles. The maximum Gasteiger partial charge on any atom is 0.0648 e. The number of ether oxygens (including phenoxy) is 1. The van der Waals surface area contributed by atoms with Crippen LogP contribution in [-0.2, 0) is 4.74 Å². The largest absolute Gasteiger partial charge is 0.390 e. The summed E-state index contributed by atoms with van der Waals surface area (Å²) in [6, 6.07) is 0. The molecule has 0 aliphatic heterocycles. The molecule has 0 atom stereocenters. The molecule has 0 bridgehead atoms. The molecule has 0 saturated heterocycles. The maximum atomic E-state index is 10.2. The molecule has 78 valence electrons. The van der Waals surface area contributed by atoms with Gasteiger partial charge in [-0.1, -0.05) is 25.7 Å². The van der Waals surface area contributed by atoms with Crippen LogP contribution < -0.4 is 0 Å². The molecular formula is C11H22O2. The van der Waals surface area contributed by atoms with Crippen LogP contribution in [-0.4, -0.2) is 24.4 Å². The van der Waals surface area contributed by atoms with Crippen molar-refractivity contribution in [2.75, 3.05) is 13.7 Å². The Kier molecular flexibility index (Phi) is 4.74. The lowest BCUT2D eigenvalue weighted by molar-refractivity contribution is 0.00863. The average molecular weight is 186 g/mol. The van der Waals surface area contributed by atoms with Gasteiger partial charge in [0.15, 0.2) is 0 Å². The first-order valence-electron chi connectivity index (χ1n) is 5.48. The van der Waals surface area contributed by atoms with Crippen LogP contribution in [0.1, 0.15) is 51.4 Å². The Bertz CT molecular complexity index is 126. The van der Waals surface area contributed by atoms with Crippen molar-refractivity contribution in [3.63, 3.8) is 0 Å². The highest BCUT2D eigenvalue weighted by molar-refractivity contribution is 4.80. The van der Waals surface area contributed by atoms with Gasteiger partial charge in [-0.25, -0.2) is 0 Å². The molecule has 0 aromatic heterocycles. The van der Waals surface area contributed by atoms with Gasteiger partial charge in [0.05, 0.1) is 5.60 Å². The monoisotopic (exact) mass is 186 g/mol. The first-order chi connectivity index (χ1) is 6.27. The molecule has 1 rings (SSSR count). The highest BCUT2D eigenvalue weighted by atomic mass is 16.5. The van der Waals surface area contributed by atoms with Crippen LogP contribution in [0, 0.1) is 0 Å². The molecule has 0 aromatic rings. The fourth-order valence-electron chi connectivity index (χ4n) is 2.18. The minimum atomic E-state index is -0.366. The van der Waals surface area contributed by atoms with E-state index in [1.165, 1.54) is 25.7 Å². The predicted octanol–water partition coefficient (Wildman–Crippen LogP) is 2.50. The second kappa shape index (κ2) is 5.61. The van der Waals surface area contributed by atoms with Crippen molar-refractivity contribution >= 4 is 0 Å². The molecule has 0 radical (unpaired) electrons. The van der Waals surface area contributed by atoms with Gasteiger partial charge in [-0.3, -0.25) is 0 Å². The van der Waals surface area contributed by atoms with Gasteiger partial charge >= 0.3 is 0 Å². The fraction of sp³-hybridized carbons (Fsp3) is 1.00.